The second-order valence-corrected chi connectivity index (χ2v) is 5.98. The molecule has 1 N–H and O–H groups in total. The molecular weight excluding hydrogens is 342 g/mol. The van der Waals surface area contributed by atoms with E-state index in [2.05, 4.69) is 5.32 Å². The van der Waals surface area contributed by atoms with Crippen molar-refractivity contribution in [3.8, 4) is 0 Å². The lowest BCUT2D eigenvalue weighted by atomic mass is 10.2. The Morgan fingerprint density at radius 3 is 2.56 bits per heavy atom. The van der Waals surface area contributed by atoms with Gasteiger partial charge in [-0.25, -0.2) is 0 Å². The number of furan rings is 1. The fraction of sp³-hybridized carbons (Fsp3) is 0.0526. The standard InChI is InChI=1S/C19H12ClNO4/c20-12-7-5-11(6-8-12)10-21-18(23)16-9-14-17(22)13-3-1-2-4-15(13)24-19(14)25-16/h1-9H,10H2,(H,21,23). The van der Waals surface area contributed by atoms with Gasteiger partial charge in [-0.2, -0.15) is 0 Å². The molecule has 4 rings (SSSR count). The zero-order valence-corrected chi connectivity index (χ0v) is 13.7. The first-order valence-corrected chi connectivity index (χ1v) is 7.97. The molecule has 0 aliphatic carbocycles. The van der Waals surface area contributed by atoms with Crippen LogP contribution < -0.4 is 10.7 Å². The average molecular weight is 354 g/mol. The number of amides is 1. The molecule has 0 saturated carbocycles. The molecule has 0 atom stereocenters. The number of hydrogen-bond acceptors (Lipinski definition) is 4. The minimum atomic E-state index is -0.426. The molecular formula is C19H12ClNO4. The van der Waals surface area contributed by atoms with Gasteiger partial charge in [-0.3, -0.25) is 9.59 Å². The molecule has 0 spiro atoms. The highest BCUT2D eigenvalue weighted by Gasteiger charge is 2.17. The Labute approximate surface area is 146 Å². The van der Waals surface area contributed by atoms with Gasteiger partial charge < -0.3 is 14.2 Å². The van der Waals surface area contributed by atoms with Crippen LogP contribution >= 0.6 is 11.6 Å². The third kappa shape index (κ3) is 2.90. The summed E-state index contributed by atoms with van der Waals surface area (Å²) in [6, 6.07) is 15.4. The first kappa shape index (κ1) is 15.5. The summed E-state index contributed by atoms with van der Waals surface area (Å²) >= 11 is 5.83. The van der Waals surface area contributed by atoms with Crippen molar-refractivity contribution in [3.05, 3.63) is 81.2 Å². The molecule has 5 nitrogen and oxygen atoms in total. The number of rotatable bonds is 3. The largest absolute Gasteiger partial charge is 0.425 e. The van der Waals surface area contributed by atoms with Gasteiger partial charge in [0.05, 0.1) is 5.39 Å². The monoisotopic (exact) mass is 353 g/mol. The van der Waals surface area contributed by atoms with Gasteiger partial charge in [0.15, 0.2) is 5.76 Å². The number of halogens is 1. The van der Waals surface area contributed by atoms with Crippen LogP contribution in [-0.4, -0.2) is 5.91 Å². The molecule has 0 fully saturated rings. The summed E-state index contributed by atoms with van der Waals surface area (Å²) in [5.74, 6) is -0.356. The van der Waals surface area contributed by atoms with Crippen LogP contribution in [0.1, 0.15) is 16.1 Å². The van der Waals surface area contributed by atoms with E-state index in [-0.39, 0.29) is 22.4 Å². The smallest absolute Gasteiger partial charge is 0.302 e. The number of para-hydroxylation sites is 1. The Hall–Kier alpha value is -3.05. The number of carbonyl (C=O) groups is 1. The molecule has 2 heterocycles. The Morgan fingerprint density at radius 1 is 1.00 bits per heavy atom. The SMILES string of the molecule is O=C(NCc1ccc(Cl)cc1)c1cc2c(=O)c3ccccc3oc2o1. The summed E-state index contributed by atoms with van der Waals surface area (Å²) in [5.41, 5.74) is 1.09. The molecule has 1 amide bonds. The summed E-state index contributed by atoms with van der Waals surface area (Å²) in [5, 5.41) is 4.06. The number of hydrogen-bond donors (Lipinski definition) is 1. The van der Waals surface area contributed by atoms with Crippen molar-refractivity contribution in [2.24, 2.45) is 0 Å². The third-order valence-corrected chi connectivity index (χ3v) is 4.12. The molecule has 25 heavy (non-hydrogen) atoms. The van der Waals surface area contributed by atoms with Gasteiger partial charge in [-0.1, -0.05) is 35.9 Å². The quantitative estimate of drug-likeness (QED) is 0.601. The van der Waals surface area contributed by atoms with Crippen molar-refractivity contribution in [1.82, 2.24) is 5.32 Å². The van der Waals surface area contributed by atoms with Crippen LogP contribution in [0, 0.1) is 0 Å². The normalized spacial score (nSPS) is 11.1. The second kappa shape index (κ2) is 6.11. The highest BCUT2D eigenvalue weighted by Crippen LogP contribution is 2.21. The van der Waals surface area contributed by atoms with Crippen molar-refractivity contribution in [2.45, 2.75) is 6.54 Å². The number of carbonyl (C=O) groups excluding carboxylic acids is 1. The van der Waals surface area contributed by atoms with Crippen molar-refractivity contribution < 1.29 is 13.6 Å². The maximum Gasteiger partial charge on any atom is 0.302 e. The first-order valence-electron chi connectivity index (χ1n) is 7.60. The molecule has 2 aromatic carbocycles. The fourth-order valence-electron chi connectivity index (χ4n) is 2.58. The van der Waals surface area contributed by atoms with E-state index in [4.69, 9.17) is 20.4 Å². The van der Waals surface area contributed by atoms with Crippen molar-refractivity contribution in [3.63, 3.8) is 0 Å². The highest BCUT2D eigenvalue weighted by molar-refractivity contribution is 6.30. The summed E-state index contributed by atoms with van der Waals surface area (Å²) in [7, 11) is 0. The zero-order valence-electron chi connectivity index (χ0n) is 12.9. The maximum absolute atomic E-state index is 12.5. The summed E-state index contributed by atoms with van der Waals surface area (Å²) in [6.07, 6.45) is 0. The molecule has 0 radical (unpaired) electrons. The van der Waals surface area contributed by atoms with Crippen LogP contribution in [0.25, 0.3) is 22.1 Å². The first-order chi connectivity index (χ1) is 12.1. The van der Waals surface area contributed by atoms with Crippen LogP contribution in [-0.2, 0) is 6.54 Å². The Bertz CT molecular complexity index is 1140. The van der Waals surface area contributed by atoms with Crippen molar-refractivity contribution in [2.75, 3.05) is 0 Å². The van der Waals surface area contributed by atoms with Crippen LogP contribution in [0.2, 0.25) is 5.02 Å². The van der Waals surface area contributed by atoms with Crippen LogP contribution in [0.15, 0.2) is 68.2 Å². The lowest BCUT2D eigenvalue weighted by Gasteiger charge is -2.03. The van der Waals surface area contributed by atoms with E-state index in [1.165, 1.54) is 6.07 Å². The predicted octanol–water partition coefficient (Wildman–Crippen LogP) is 4.12. The Kier molecular flexibility index (Phi) is 3.78. The fourth-order valence-corrected chi connectivity index (χ4v) is 2.71. The van der Waals surface area contributed by atoms with Crippen molar-refractivity contribution >= 4 is 39.6 Å². The molecule has 2 aromatic heterocycles. The van der Waals surface area contributed by atoms with Crippen LogP contribution in [0.3, 0.4) is 0 Å². The molecule has 124 valence electrons. The topological polar surface area (TPSA) is 72.5 Å². The molecule has 0 bridgehead atoms. The minimum Gasteiger partial charge on any atom is -0.425 e. The zero-order chi connectivity index (χ0) is 17.4. The van der Waals surface area contributed by atoms with E-state index in [0.29, 0.717) is 22.5 Å². The molecule has 0 aliphatic heterocycles. The van der Waals surface area contributed by atoms with Crippen LogP contribution in [0.4, 0.5) is 0 Å². The molecule has 0 aliphatic rings. The van der Waals surface area contributed by atoms with Gasteiger partial charge in [0, 0.05) is 17.6 Å². The average Bonchev–Trinajstić information content (AvgIpc) is 3.06. The van der Waals surface area contributed by atoms with E-state index in [1.54, 1.807) is 36.4 Å². The van der Waals surface area contributed by atoms with E-state index >= 15 is 0 Å². The number of benzene rings is 2. The second-order valence-electron chi connectivity index (χ2n) is 5.55. The van der Waals surface area contributed by atoms with Gasteiger partial charge in [0.2, 0.25) is 5.43 Å². The van der Waals surface area contributed by atoms with Crippen LogP contribution in [0.5, 0.6) is 0 Å². The molecule has 6 heteroatoms. The van der Waals surface area contributed by atoms with Gasteiger partial charge in [0.25, 0.3) is 5.91 Å². The highest BCUT2D eigenvalue weighted by atomic mass is 35.5. The predicted molar refractivity (Wildman–Crippen MR) is 94.9 cm³/mol. The van der Waals surface area contributed by atoms with Crippen molar-refractivity contribution in [1.29, 1.82) is 0 Å². The van der Waals surface area contributed by atoms with Gasteiger partial charge in [-0.05, 0) is 29.8 Å². The lowest BCUT2D eigenvalue weighted by molar-refractivity contribution is 0.0923. The summed E-state index contributed by atoms with van der Waals surface area (Å²) in [6.45, 7) is 0.316. The van der Waals surface area contributed by atoms with Gasteiger partial charge in [-0.15, -0.1) is 0 Å². The van der Waals surface area contributed by atoms with E-state index in [0.717, 1.165) is 5.56 Å². The number of nitrogens with one attached hydrogen (secondary N) is 1. The summed E-state index contributed by atoms with van der Waals surface area (Å²) in [4.78, 5) is 24.8. The molecule has 0 saturated heterocycles. The van der Waals surface area contributed by atoms with E-state index in [9.17, 15) is 9.59 Å². The maximum atomic E-state index is 12.5. The Balaban J connectivity index is 1.63. The van der Waals surface area contributed by atoms with Gasteiger partial charge >= 0.3 is 5.78 Å². The molecule has 0 unspecified atom stereocenters. The summed E-state index contributed by atoms with van der Waals surface area (Å²) < 4.78 is 11.0. The Morgan fingerprint density at radius 2 is 1.76 bits per heavy atom. The molecule has 4 aromatic rings. The van der Waals surface area contributed by atoms with E-state index < -0.39 is 5.91 Å². The van der Waals surface area contributed by atoms with Gasteiger partial charge in [0.1, 0.15) is 11.0 Å². The lowest BCUT2D eigenvalue weighted by Crippen LogP contribution is -2.22. The third-order valence-electron chi connectivity index (χ3n) is 3.87. The number of fused-ring (bicyclic) bond motifs is 2. The van der Waals surface area contributed by atoms with E-state index in [1.807, 2.05) is 12.1 Å². The minimum absolute atomic E-state index is 0.0279.